The van der Waals surface area contributed by atoms with Crippen molar-refractivity contribution in [2.45, 2.75) is 25.4 Å². The molecule has 1 fully saturated rings. The minimum Gasteiger partial charge on any atom is -0.480 e. The number of nitrogens with zero attached hydrogens (tertiary/aromatic N) is 2. The Bertz CT molecular complexity index is 504. The van der Waals surface area contributed by atoms with E-state index in [1.165, 1.54) is 0 Å². The first-order chi connectivity index (χ1) is 9.95. The molecule has 1 aliphatic rings. The predicted octanol–water partition coefficient (Wildman–Crippen LogP) is 2.57. The first-order valence-electron chi connectivity index (χ1n) is 7.04. The van der Waals surface area contributed by atoms with Crippen molar-refractivity contribution in [1.82, 2.24) is 9.80 Å². The molecule has 0 spiro atoms. The molecule has 116 valence electrons. The monoisotopic (exact) mass is 358 g/mol. The molecule has 1 aliphatic heterocycles. The van der Waals surface area contributed by atoms with Crippen LogP contribution in [0.4, 0.5) is 4.39 Å². The highest BCUT2D eigenvalue weighted by Gasteiger charge is 2.23. The Morgan fingerprint density at radius 3 is 2.71 bits per heavy atom. The van der Waals surface area contributed by atoms with Crippen LogP contribution in [-0.2, 0) is 11.3 Å². The van der Waals surface area contributed by atoms with Gasteiger partial charge in [-0.1, -0.05) is 6.07 Å². The molecule has 0 aromatic heterocycles. The number of carbonyl (C=O) groups is 1. The number of halogens is 2. The predicted molar refractivity (Wildman–Crippen MR) is 82.7 cm³/mol. The van der Waals surface area contributed by atoms with Crippen LogP contribution < -0.4 is 0 Å². The molecule has 1 aromatic carbocycles. The molecule has 0 aliphatic carbocycles. The van der Waals surface area contributed by atoms with Gasteiger partial charge in [0.05, 0.1) is 11.0 Å². The van der Waals surface area contributed by atoms with E-state index in [-0.39, 0.29) is 12.4 Å². The smallest absolute Gasteiger partial charge is 0.317 e. The summed E-state index contributed by atoms with van der Waals surface area (Å²) < 4.78 is 14.0. The third-order valence-electron chi connectivity index (χ3n) is 3.96. The van der Waals surface area contributed by atoms with Crippen LogP contribution in [0.15, 0.2) is 22.7 Å². The van der Waals surface area contributed by atoms with Crippen LogP contribution in [0.5, 0.6) is 0 Å². The first kappa shape index (κ1) is 16.4. The van der Waals surface area contributed by atoms with Gasteiger partial charge in [-0.25, -0.2) is 4.39 Å². The number of rotatable bonds is 5. The molecule has 4 nitrogen and oxygen atoms in total. The van der Waals surface area contributed by atoms with Crippen molar-refractivity contribution in [3.05, 3.63) is 34.1 Å². The number of aliphatic carboxylic acids is 1. The lowest BCUT2D eigenvalue weighted by molar-refractivity contribution is -0.138. The lowest BCUT2D eigenvalue weighted by Gasteiger charge is -2.36. The zero-order valence-electron chi connectivity index (χ0n) is 12.1. The number of likely N-dealkylation sites (N-methyl/N-ethyl adjacent to an activating group) is 1. The Balaban J connectivity index is 1.83. The summed E-state index contributed by atoms with van der Waals surface area (Å²) in [6.07, 6.45) is 1.89. The Kier molecular flexibility index (Phi) is 5.72. The average Bonchev–Trinajstić information content (AvgIpc) is 2.43. The molecular formula is C15H20BrFN2O2. The summed E-state index contributed by atoms with van der Waals surface area (Å²) in [7, 11) is 1.86. The van der Waals surface area contributed by atoms with E-state index in [0.717, 1.165) is 38.0 Å². The summed E-state index contributed by atoms with van der Waals surface area (Å²) in [5.41, 5.74) is 0.966. The van der Waals surface area contributed by atoms with Crippen LogP contribution in [0.2, 0.25) is 0 Å². The molecular weight excluding hydrogens is 339 g/mol. The third kappa shape index (κ3) is 4.76. The summed E-state index contributed by atoms with van der Waals surface area (Å²) in [5, 5.41) is 8.82. The number of likely N-dealkylation sites (tertiary alicyclic amines) is 1. The fourth-order valence-corrected chi connectivity index (χ4v) is 3.00. The van der Waals surface area contributed by atoms with E-state index in [1.54, 1.807) is 12.1 Å². The van der Waals surface area contributed by atoms with Gasteiger partial charge < -0.3 is 5.11 Å². The number of piperidine rings is 1. The zero-order chi connectivity index (χ0) is 15.4. The second-order valence-corrected chi connectivity index (χ2v) is 6.42. The maximum atomic E-state index is 13.5. The van der Waals surface area contributed by atoms with Gasteiger partial charge in [0, 0.05) is 12.6 Å². The van der Waals surface area contributed by atoms with Crippen LogP contribution in [0, 0.1) is 5.82 Å². The maximum Gasteiger partial charge on any atom is 0.317 e. The lowest BCUT2D eigenvalue weighted by Crippen LogP contribution is -2.44. The van der Waals surface area contributed by atoms with E-state index in [1.807, 2.05) is 18.0 Å². The molecule has 2 rings (SSSR count). The van der Waals surface area contributed by atoms with Crippen LogP contribution in [0.25, 0.3) is 0 Å². The van der Waals surface area contributed by atoms with Gasteiger partial charge in [-0.3, -0.25) is 14.6 Å². The summed E-state index contributed by atoms with van der Waals surface area (Å²) in [6.45, 7) is 2.64. The van der Waals surface area contributed by atoms with E-state index >= 15 is 0 Å². The molecule has 0 amide bonds. The van der Waals surface area contributed by atoms with E-state index in [2.05, 4.69) is 20.8 Å². The van der Waals surface area contributed by atoms with Gasteiger partial charge in [-0.2, -0.15) is 0 Å². The molecule has 21 heavy (non-hydrogen) atoms. The van der Waals surface area contributed by atoms with Crippen molar-refractivity contribution in [2.75, 3.05) is 26.7 Å². The zero-order valence-corrected chi connectivity index (χ0v) is 13.6. The van der Waals surface area contributed by atoms with Crippen molar-refractivity contribution in [3.8, 4) is 0 Å². The van der Waals surface area contributed by atoms with Gasteiger partial charge in [-0.15, -0.1) is 0 Å². The Labute approximate surface area is 132 Å². The van der Waals surface area contributed by atoms with Crippen molar-refractivity contribution in [2.24, 2.45) is 0 Å². The number of hydrogen-bond donors (Lipinski definition) is 1. The van der Waals surface area contributed by atoms with Crippen molar-refractivity contribution in [1.29, 1.82) is 0 Å². The second-order valence-electron chi connectivity index (χ2n) is 5.56. The van der Waals surface area contributed by atoms with Crippen LogP contribution in [-0.4, -0.2) is 53.6 Å². The fraction of sp³-hybridized carbons (Fsp3) is 0.533. The third-order valence-corrected chi connectivity index (χ3v) is 4.60. The summed E-state index contributed by atoms with van der Waals surface area (Å²) in [5.74, 6) is -1.02. The number of hydrogen-bond acceptors (Lipinski definition) is 3. The normalized spacial score (nSPS) is 17.3. The summed E-state index contributed by atoms with van der Waals surface area (Å²) >= 11 is 3.16. The number of carboxylic acid groups (broad SMARTS) is 1. The highest BCUT2D eigenvalue weighted by molar-refractivity contribution is 9.10. The Morgan fingerprint density at radius 2 is 2.14 bits per heavy atom. The molecule has 1 N–H and O–H groups in total. The highest BCUT2D eigenvalue weighted by Crippen LogP contribution is 2.20. The van der Waals surface area contributed by atoms with Crippen LogP contribution in [0.1, 0.15) is 18.4 Å². The number of benzene rings is 1. The van der Waals surface area contributed by atoms with Gasteiger partial charge >= 0.3 is 5.97 Å². The van der Waals surface area contributed by atoms with E-state index < -0.39 is 5.97 Å². The molecule has 0 unspecified atom stereocenters. The van der Waals surface area contributed by atoms with Gasteiger partial charge in [0.15, 0.2) is 0 Å². The van der Waals surface area contributed by atoms with Crippen LogP contribution >= 0.6 is 15.9 Å². The largest absolute Gasteiger partial charge is 0.480 e. The maximum absolute atomic E-state index is 13.5. The molecule has 6 heteroatoms. The van der Waals surface area contributed by atoms with Gasteiger partial charge in [0.2, 0.25) is 0 Å². The molecule has 1 aromatic rings. The van der Waals surface area contributed by atoms with Crippen molar-refractivity contribution < 1.29 is 14.3 Å². The molecule has 0 bridgehead atoms. The highest BCUT2D eigenvalue weighted by atomic mass is 79.9. The van der Waals surface area contributed by atoms with Crippen molar-refractivity contribution in [3.63, 3.8) is 0 Å². The molecule has 0 saturated carbocycles. The minimum atomic E-state index is -0.787. The van der Waals surface area contributed by atoms with Gasteiger partial charge in [0.1, 0.15) is 5.82 Å². The quantitative estimate of drug-likeness (QED) is 0.878. The summed E-state index contributed by atoms with van der Waals surface area (Å²) in [6, 6.07) is 5.54. The molecule has 1 heterocycles. The van der Waals surface area contributed by atoms with Crippen LogP contribution in [0.3, 0.4) is 0 Å². The fourth-order valence-electron chi connectivity index (χ4n) is 2.76. The Morgan fingerprint density at radius 1 is 1.48 bits per heavy atom. The second kappa shape index (κ2) is 7.33. The first-order valence-corrected chi connectivity index (χ1v) is 7.83. The minimum absolute atomic E-state index is 0.0859. The van der Waals surface area contributed by atoms with E-state index in [9.17, 15) is 9.18 Å². The topological polar surface area (TPSA) is 43.8 Å². The number of carboxylic acids is 1. The molecule has 0 atom stereocenters. The van der Waals surface area contributed by atoms with Gasteiger partial charge in [0.25, 0.3) is 0 Å². The SMILES string of the molecule is CN(CC(=O)O)C1CCN(Cc2ccc(Br)c(F)c2)CC1. The molecule has 1 saturated heterocycles. The van der Waals surface area contributed by atoms with E-state index in [4.69, 9.17) is 5.11 Å². The lowest BCUT2D eigenvalue weighted by atomic mass is 10.0. The van der Waals surface area contributed by atoms with Crippen molar-refractivity contribution >= 4 is 21.9 Å². The standard InChI is InChI=1S/C15H20BrFN2O2/c1-18(10-15(20)21)12-4-6-19(7-5-12)9-11-2-3-13(16)14(17)8-11/h2-3,8,12H,4-7,9-10H2,1H3,(H,20,21). The molecule has 0 radical (unpaired) electrons. The van der Waals surface area contributed by atoms with E-state index in [0.29, 0.717) is 10.5 Å². The van der Waals surface area contributed by atoms with Gasteiger partial charge in [-0.05, 0) is 66.6 Å². The summed E-state index contributed by atoms with van der Waals surface area (Å²) in [4.78, 5) is 14.9. The Hall–Kier alpha value is -0.980. The average molecular weight is 359 g/mol.